The van der Waals surface area contributed by atoms with Crippen LogP contribution in [0.5, 0.6) is 0 Å². The number of carboxylic acid groups (broad SMARTS) is 1. The number of nitrogens with one attached hydrogen (secondary N) is 1. The number of amides is 1. The molecule has 5 nitrogen and oxygen atoms in total. The Bertz CT molecular complexity index is 403. The third kappa shape index (κ3) is 3.81. The Morgan fingerprint density at radius 3 is 2.71 bits per heavy atom. The second kappa shape index (κ2) is 6.34. The number of aromatic carboxylic acids is 1. The molecule has 1 heterocycles. The van der Waals surface area contributed by atoms with Crippen molar-refractivity contribution in [1.29, 1.82) is 0 Å². The van der Waals surface area contributed by atoms with E-state index in [1.54, 1.807) is 0 Å². The van der Waals surface area contributed by atoms with E-state index in [-0.39, 0.29) is 22.7 Å². The maximum Gasteiger partial charge on any atom is 0.355 e. The Morgan fingerprint density at radius 2 is 2.24 bits per heavy atom. The van der Waals surface area contributed by atoms with E-state index in [1.807, 2.05) is 6.92 Å². The Hall–Kier alpha value is -1.43. The van der Waals surface area contributed by atoms with Crippen molar-refractivity contribution in [3.63, 3.8) is 0 Å². The first-order valence-corrected chi connectivity index (χ1v) is 6.46. The molecule has 1 unspecified atom stereocenters. The number of carbonyl (C=O) groups excluding carboxylic acids is 1. The summed E-state index contributed by atoms with van der Waals surface area (Å²) in [6, 6.07) is 0.129. The quantitative estimate of drug-likeness (QED) is 0.817. The fourth-order valence-electron chi connectivity index (χ4n) is 1.45. The van der Waals surface area contributed by atoms with Crippen LogP contribution in [-0.2, 0) is 0 Å². The van der Waals surface area contributed by atoms with Crippen LogP contribution in [0.4, 0.5) is 0 Å². The van der Waals surface area contributed by atoms with Gasteiger partial charge in [0, 0.05) is 11.4 Å². The molecule has 94 valence electrons. The van der Waals surface area contributed by atoms with Crippen LogP contribution in [0.1, 0.15) is 53.4 Å². The molecule has 1 amide bonds. The number of rotatable bonds is 6. The van der Waals surface area contributed by atoms with Gasteiger partial charge < -0.3 is 10.4 Å². The van der Waals surface area contributed by atoms with E-state index in [0.717, 1.165) is 30.6 Å². The molecule has 0 radical (unpaired) electrons. The molecule has 6 heteroatoms. The molecule has 1 rings (SSSR count). The molecule has 1 aromatic heterocycles. The Morgan fingerprint density at radius 1 is 1.53 bits per heavy atom. The van der Waals surface area contributed by atoms with Gasteiger partial charge in [-0.2, -0.15) is 0 Å². The lowest BCUT2D eigenvalue weighted by Crippen LogP contribution is -2.34. The number of hydrogen-bond acceptors (Lipinski definition) is 4. The third-order valence-electron chi connectivity index (χ3n) is 2.38. The van der Waals surface area contributed by atoms with Crippen LogP contribution in [0, 0.1) is 0 Å². The van der Waals surface area contributed by atoms with Crippen LogP contribution < -0.4 is 5.32 Å². The van der Waals surface area contributed by atoms with Crippen molar-refractivity contribution in [2.24, 2.45) is 0 Å². The van der Waals surface area contributed by atoms with Crippen molar-refractivity contribution in [3.05, 3.63) is 16.1 Å². The fraction of sp³-hybridized carbons (Fsp3) is 0.545. The van der Waals surface area contributed by atoms with Crippen molar-refractivity contribution >= 4 is 23.2 Å². The zero-order valence-electron chi connectivity index (χ0n) is 9.90. The van der Waals surface area contributed by atoms with Gasteiger partial charge in [-0.3, -0.25) is 4.79 Å². The minimum atomic E-state index is -1.11. The number of hydrogen-bond donors (Lipinski definition) is 2. The lowest BCUT2D eigenvalue weighted by molar-refractivity contribution is 0.0691. The molecule has 0 spiro atoms. The average Bonchev–Trinajstić information content (AvgIpc) is 2.77. The molecule has 0 saturated carbocycles. The number of carbonyl (C=O) groups is 2. The summed E-state index contributed by atoms with van der Waals surface area (Å²) in [7, 11) is 0. The molecule has 2 N–H and O–H groups in total. The van der Waals surface area contributed by atoms with E-state index >= 15 is 0 Å². The van der Waals surface area contributed by atoms with E-state index in [4.69, 9.17) is 5.11 Å². The van der Waals surface area contributed by atoms with Gasteiger partial charge in [0.2, 0.25) is 0 Å². The molecule has 17 heavy (non-hydrogen) atoms. The smallest absolute Gasteiger partial charge is 0.355 e. The lowest BCUT2D eigenvalue weighted by Gasteiger charge is -2.14. The van der Waals surface area contributed by atoms with Crippen molar-refractivity contribution in [1.82, 2.24) is 10.3 Å². The van der Waals surface area contributed by atoms with E-state index < -0.39 is 5.97 Å². The van der Waals surface area contributed by atoms with Gasteiger partial charge >= 0.3 is 5.97 Å². The van der Waals surface area contributed by atoms with Crippen LogP contribution in [0.3, 0.4) is 0 Å². The van der Waals surface area contributed by atoms with Crippen LogP contribution in [-0.4, -0.2) is 28.0 Å². The zero-order chi connectivity index (χ0) is 12.8. The van der Waals surface area contributed by atoms with Crippen LogP contribution in [0.2, 0.25) is 0 Å². The summed E-state index contributed by atoms with van der Waals surface area (Å²) in [4.78, 5) is 26.2. The highest BCUT2D eigenvalue weighted by Gasteiger charge is 2.16. The van der Waals surface area contributed by atoms with Crippen molar-refractivity contribution in [3.8, 4) is 0 Å². The zero-order valence-corrected chi connectivity index (χ0v) is 10.7. The first-order valence-electron chi connectivity index (χ1n) is 5.58. The molecule has 0 bridgehead atoms. The number of nitrogens with zero attached hydrogens (tertiary/aromatic N) is 1. The molecule has 0 aromatic carbocycles. The Labute approximate surface area is 104 Å². The van der Waals surface area contributed by atoms with E-state index in [2.05, 4.69) is 17.2 Å². The minimum absolute atomic E-state index is 0.0799. The lowest BCUT2D eigenvalue weighted by atomic mass is 10.1. The predicted octanol–water partition coefficient (Wildman–Crippen LogP) is 2.15. The first kappa shape index (κ1) is 13.6. The summed E-state index contributed by atoms with van der Waals surface area (Å²) in [6.07, 6.45) is 2.77. The van der Waals surface area contributed by atoms with Gasteiger partial charge in [-0.15, -0.1) is 11.3 Å². The molecule has 0 saturated heterocycles. The Kier molecular flexibility index (Phi) is 5.09. The highest BCUT2D eigenvalue weighted by atomic mass is 32.1. The summed E-state index contributed by atoms with van der Waals surface area (Å²) < 4.78 is 0. The normalized spacial score (nSPS) is 12.1. The summed E-state index contributed by atoms with van der Waals surface area (Å²) in [5.41, 5.74) is -0.0799. The minimum Gasteiger partial charge on any atom is -0.476 e. The van der Waals surface area contributed by atoms with Crippen molar-refractivity contribution < 1.29 is 14.7 Å². The largest absolute Gasteiger partial charge is 0.476 e. The average molecular weight is 256 g/mol. The standard InChI is InChI=1S/C11H16N2O3S/c1-3-5-7(4-2)12-9(14)10-13-8(6-17-10)11(15)16/h6-7H,3-5H2,1-2H3,(H,12,14)(H,15,16). The van der Waals surface area contributed by atoms with Crippen LogP contribution in [0.15, 0.2) is 5.38 Å². The van der Waals surface area contributed by atoms with Crippen molar-refractivity contribution in [2.75, 3.05) is 0 Å². The molecule has 0 fully saturated rings. The summed E-state index contributed by atoms with van der Waals surface area (Å²) in [6.45, 7) is 4.06. The van der Waals surface area contributed by atoms with Gasteiger partial charge in [-0.1, -0.05) is 20.3 Å². The predicted molar refractivity (Wildman–Crippen MR) is 65.5 cm³/mol. The van der Waals surface area contributed by atoms with Gasteiger partial charge in [0.1, 0.15) is 0 Å². The Balaban J connectivity index is 2.65. The van der Waals surface area contributed by atoms with Crippen LogP contribution >= 0.6 is 11.3 Å². The summed E-state index contributed by atoms with van der Waals surface area (Å²) in [5.74, 6) is -1.40. The van der Waals surface area contributed by atoms with E-state index in [0.29, 0.717) is 0 Å². The SMILES string of the molecule is CCCC(CC)NC(=O)c1nc(C(=O)O)cs1. The van der Waals surface area contributed by atoms with Crippen LogP contribution in [0.25, 0.3) is 0 Å². The highest BCUT2D eigenvalue weighted by molar-refractivity contribution is 7.11. The summed E-state index contributed by atoms with van der Waals surface area (Å²) >= 11 is 1.05. The van der Waals surface area contributed by atoms with Gasteiger partial charge in [0.15, 0.2) is 10.7 Å². The van der Waals surface area contributed by atoms with E-state index in [9.17, 15) is 9.59 Å². The van der Waals surface area contributed by atoms with Gasteiger partial charge in [0.25, 0.3) is 5.91 Å². The summed E-state index contributed by atoms with van der Waals surface area (Å²) in [5, 5.41) is 13.1. The number of carboxylic acids is 1. The third-order valence-corrected chi connectivity index (χ3v) is 3.22. The molecule has 0 aliphatic carbocycles. The van der Waals surface area contributed by atoms with E-state index in [1.165, 1.54) is 5.38 Å². The molecular formula is C11H16N2O3S. The molecule has 1 aromatic rings. The molecule has 0 aliphatic rings. The van der Waals surface area contributed by atoms with Gasteiger partial charge in [-0.25, -0.2) is 9.78 Å². The second-order valence-electron chi connectivity index (χ2n) is 3.71. The molecule has 1 atom stereocenters. The molecule has 0 aliphatic heterocycles. The maximum absolute atomic E-state index is 11.8. The monoisotopic (exact) mass is 256 g/mol. The fourth-order valence-corrected chi connectivity index (χ4v) is 2.14. The van der Waals surface area contributed by atoms with Crippen molar-refractivity contribution in [2.45, 2.75) is 39.2 Å². The van der Waals surface area contributed by atoms with Gasteiger partial charge in [0.05, 0.1) is 0 Å². The number of thiazole rings is 1. The molecular weight excluding hydrogens is 240 g/mol. The second-order valence-corrected chi connectivity index (χ2v) is 4.57. The van der Waals surface area contributed by atoms with Gasteiger partial charge in [-0.05, 0) is 12.8 Å². The first-order chi connectivity index (χ1) is 8.08. The topological polar surface area (TPSA) is 79.3 Å². The maximum atomic E-state index is 11.8. The highest BCUT2D eigenvalue weighted by Crippen LogP contribution is 2.11. The number of aromatic nitrogens is 1.